The van der Waals surface area contributed by atoms with Crippen molar-refractivity contribution in [3.8, 4) is 5.75 Å². The first-order chi connectivity index (χ1) is 8.58. The first-order valence-electron chi connectivity index (χ1n) is 5.23. The number of aromatic hydroxyl groups is 1. The summed E-state index contributed by atoms with van der Waals surface area (Å²) < 4.78 is 26.2. The van der Waals surface area contributed by atoms with E-state index in [1.807, 2.05) is 0 Å². The lowest BCUT2D eigenvalue weighted by Crippen LogP contribution is -2.01. The van der Waals surface area contributed by atoms with E-state index in [2.05, 4.69) is 5.32 Å². The van der Waals surface area contributed by atoms with E-state index in [4.69, 9.17) is 16.7 Å². The molecule has 0 heterocycles. The lowest BCUT2D eigenvalue weighted by molar-refractivity contribution is 0.395. The van der Waals surface area contributed by atoms with Crippen LogP contribution in [-0.2, 0) is 6.54 Å². The van der Waals surface area contributed by atoms with Gasteiger partial charge in [0.1, 0.15) is 0 Å². The number of hydrogen-bond acceptors (Lipinski definition) is 2. The van der Waals surface area contributed by atoms with Crippen molar-refractivity contribution in [3.05, 3.63) is 58.6 Å². The Morgan fingerprint density at radius 3 is 2.33 bits per heavy atom. The fraction of sp³-hybridized carbons (Fsp3) is 0.0769. The number of anilines is 1. The maximum Gasteiger partial charge on any atom is 0.187 e. The average Bonchev–Trinajstić information content (AvgIpc) is 2.35. The van der Waals surface area contributed by atoms with Crippen LogP contribution < -0.4 is 5.32 Å². The second-order valence-electron chi connectivity index (χ2n) is 3.74. The topological polar surface area (TPSA) is 32.3 Å². The summed E-state index contributed by atoms with van der Waals surface area (Å²) in [6.45, 7) is 0.206. The minimum atomic E-state index is -0.981. The minimum Gasteiger partial charge on any atom is -0.503 e. The summed E-state index contributed by atoms with van der Waals surface area (Å²) in [7, 11) is 0. The molecule has 0 bridgehead atoms. The summed E-state index contributed by atoms with van der Waals surface area (Å²) in [6.07, 6.45) is 0. The molecule has 0 aliphatic carbocycles. The van der Waals surface area contributed by atoms with E-state index in [0.29, 0.717) is 16.3 Å². The Morgan fingerprint density at radius 1 is 1.11 bits per heavy atom. The summed E-state index contributed by atoms with van der Waals surface area (Å²) in [6, 6.07) is 9.20. The molecule has 2 N–H and O–H groups in total. The molecule has 2 rings (SSSR count). The van der Waals surface area contributed by atoms with Gasteiger partial charge in [0.15, 0.2) is 17.4 Å². The third-order valence-corrected chi connectivity index (χ3v) is 2.76. The van der Waals surface area contributed by atoms with Gasteiger partial charge in [-0.05, 0) is 29.8 Å². The second-order valence-corrected chi connectivity index (χ2v) is 4.15. The molecule has 0 aliphatic rings. The molecule has 0 amide bonds. The number of para-hydroxylation sites is 1. The van der Waals surface area contributed by atoms with Crippen molar-refractivity contribution in [2.45, 2.75) is 6.54 Å². The van der Waals surface area contributed by atoms with Crippen LogP contribution in [0.15, 0.2) is 36.4 Å². The minimum absolute atomic E-state index is 0.206. The summed E-state index contributed by atoms with van der Waals surface area (Å²) in [5.41, 5.74) is 1.05. The highest BCUT2D eigenvalue weighted by atomic mass is 35.5. The Balaban J connectivity index is 2.14. The van der Waals surface area contributed by atoms with Crippen LogP contribution in [0.2, 0.25) is 5.02 Å². The van der Waals surface area contributed by atoms with Crippen LogP contribution >= 0.6 is 11.6 Å². The Morgan fingerprint density at radius 2 is 1.72 bits per heavy atom. The second kappa shape index (κ2) is 5.23. The van der Waals surface area contributed by atoms with E-state index >= 15 is 0 Å². The molecule has 0 saturated heterocycles. The normalized spacial score (nSPS) is 10.4. The molecule has 94 valence electrons. The number of halogens is 3. The fourth-order valence-electron chi connectivity index (χ4n) is 1.52. The first-order valence-corrected chi connectivity index (χ1v) is 5.61. The van der Waals surface area contributed by atoms with E-state index in [-0.39, 0.29) is 6.54 Å². The van der Waals surface area contributed by atoms with Gasteiger partial charge in [-0.25, -0.2) is 8.78 Å². The molecule has 0 fully saturated rings. The van der Waals surface area contributed by atoms with Crippen LogP contribution in [0.5, 0.6) is 5.75 Å². The van der Waals surface area contributed by atoms with Crippen LogP contribution in [0.25, 0.3) is 0 Å². The molecule has 2 aromatic carbocycles. The lowest BCUT2D eigenvalue weighted by Gasteiger charge is -2.09. The molecule has 0 unspecified atom stereocenters. The molecule has 0 spiro atoms. The number of benzene rings is 2. The molecule has 0 aromatic heterocycles. The average molecular weight is 270 g/mol. The fourth-order valence-corrected chi connectivity index (χ4v) is 1.72. The van der Waals surface area contributed by atoms with Gasteiger partial charge in [0.25, 0.3) is 0 Å². The van der Waals surface area contributed by atoms with Crippen molar-refractivity contribution in [3.63, 3.8) is 0 Å². The first kappa shape index (κ1) is 12.6. The van der Waals surface area contributed by atoms with Crippen LogP contribution in [-0.4, -0.2) is 5.11 Å². The standard InChI is InChI=1S/C13H10ClF2NO/c14-9-3-1-2-4-12(9)17-7-8-5-10(15)13(18)11(16)6-8/h1-6,17-18H,7H2. The summed E-state index contributed by atoms with van der Waals surface area (Å²) in [5, 5.41) is 12.5. The number of nitrogens with one attached hydrogen (secondary N) is 1. The highest BCUT2D eigenvalue weighted by Crippen LogP contribution is 2.24. The highest BCUT2D eigenvalue weighted by Gasteiger charge is 2.09. The molecular formula is C13H10ClF2NO. The van der Waals surface area contributed by atoms with Gasteiger partial charge in [-0.1, -0.05) is 23.7 Å². The predicted octanol–water partition coefficient (Wildman–Crippen LogP) is 3.94. The van der Waals surface area contributed by atoms with Crippen molar-refractivity contribution < 1.29 is 13.9 Å². The lowest BCUT2D eigenvalue weighted by atomic mass is 10.2. The number of rotatable bonds is 3. The van der Waals surface area contributed by atoms with E-state index in [1.54, 1.807) is 24.3 Å². The van der Waals surface area contributed by atoms with Gasteiger partial charge in [-0.15, -0.1) is 0 Å². The highest BCUT2D eigenvalue weighted by molar-refractivity contribution is 6.33. The Kier molecular flexibility index (Phi) is 3.67. The molecule has 5 heteroatoms. The smallest absolute Gasteiger partial charge is 0.187 e. The summed E-state index contributed by atoms with van der Waals surface area (Å²) >= 11 is 5.93. The Labute approximate surface area is 108 Å². The van der Waals surface area contributed by atoms with Gasteiger partial charge in [-0.3, -0.25) is 0 Å². The van der Waals surface area contributed by atoms with Gasteiger partial charge in [0.05, 0.1) is 10.7 Å². The van der Waals surface area contributed by atoms with E-state index < -0.39 is 17.4 Å². The van der Waals surface area contributed by atoms with Crippen molar-refractivity contribution in [1.82, 2.24) is 0 Å². The quantitative estimate of drug-likeness (QED) is 0.885. The molecule has 2 nitrogen and oxygen atoms in total. The zero-order valence-corrected chi connectivity index (χ0v) is 10.0. The molecule has 0 saturated carbocycles. The SMILES string of the molecule is Oc1c(F)cc(CNc2ccccc2Cl)cc1F. The predicted molar refractivity (Wildman–Crippen MR) is 66.8 cm³/mol. The third-order valence-electron chi connectivity index (χ3n) is 2.43. The maximum atomic E-state index is 13.1. The summed E-state index contributed by atoms with van der Waals surface area (Å²) in [5.74, 6) is -2.92. The van der Waals surface area contributed by atoms with Crippen LogP contribution in [0.1, 0.15) is 5.56 Å². The Bertz CT molecular complexity index is 552. The van der Waals surface area contributed by atoms with E-state index in [1.165, 1.54) is 0 Å². The molecule has 18 heavy (non-hydrogen) atoms. The van der Waals surface area contributed by atoms with E-state index in [9.17, 15) is 8.78 Å². The van der Waals surface area contributed by atoms with Gasteiger partial charge in [0.2, 0.25) is 0 Å². The summed E-state index contributed by atoms with van der Waals surface area (Å²) in [4.78, 5) is 0. The molecule has 0 radical (unpaired) electrons. The maximum absolute atomic E-state index is 13.1. The number of phenols is 1. The molecule has 0 aliphatic heterocycles. The van der Waals surface area contributed by atoms with Crippen molar-refractivity contribution in [2.24, 2.45) is 0 Å². The molecular weight excluding hydrogens is 260 g/mol. The van der Waals surface area contributed by atoms with Crippen molar-refractivity contribution >= 4 is 17.3 Å². The van der Waals surface area contributed by atoms with E-state index in [0.717, 1.165) is 12.1 Å². The monoisotopic (exact) mass is 269 g/mol. The van der Waals surface area contributed by atoms with Crippen molar-refractivity contribution in [2.75, 3.05) is 5.32 Å². The van der Waals surface area contributed by atoms with Crippen molar-refractivity contribution in [1.29, 1.82) is 0 Å². The van der Waals surface area contributed by atoms with Crippen LogP contribution in [0.4, 0.5) is 14.5 Å². The Hall–Kier alpha value is -1.81. The molecule has 0 atom stereocenters. The largest absolute Gasteiger partial charge is 0.503 e. The van der Waals surface area contributed by atoms with Gasteiger partial charge in [0, 0.05) is 6.54 Å². The molecule has 2 aromatic rings. The van der Waals surface area contributed by atoms with Crippen LogP contribution in [0, 0.1) is 11.6 Å². The number of hydrogen-bond donors (Lipinski definition) is 2. The van der Waals surface area contributed by atoms with Crippen LogP contribution in [0.3, 0.4) is 0 Å². The van der Waals surface area contributed by atoms with Gasteiger partial charge in [-0.2, -0.15) is 0 Å². The van der Waals surface area contributed by atoms with Gasteiger partial charge >= 0.3 is 0 Å². The third kappa shape index (κ3) is 2.71. The van der Waals surface area contributed by atoms with Gasteiger partial charge < -0.3 is 10.4 Å². The zero-order chi connectivity index (χ0) is 13.1. The zero-order valence-electron chi connectivity index (χ0n) is 9.25. The number of phenolic OH excluding ortho intramolecular Hbond substituents is 1.